The minimum atomic E-state index is -0.732. The predicted molar refractivity (Wildman–Crippen MR) is 45.7 cm³/mol. The molecule has 0 fully saturated rings. The fourth-order valence-electron chi connectivity index (χ4n) is 0.872. The first kappa shape index (κ1) is 9.39. The molecule has 0 N–H and O–H groups in total. The largest absolute Gasteiger partial charge is 0.308 e. The van der Waals surface area contributed by atoms with Gasteiger partial charge in [0.1, 0.15) is 0 Å². The van der Waals surface area contributed by atoms with Gasteiger partial charge in [0, 0.05) is 5.41 Å². The Balaban J connectivity index is 3.23. The van der Waals surface area contributed by atoms with E-state index in [0.29, 0.717) is 10.7 Å². The SMILES string of the molecule is CC(C)(C)c1nc(F)ncc1Cl. The summed E-state index contributed by atoms with van der Waals surface area (Å²) in [4.78, 5) is 6.98. The Morgan fingerprint density at radius 3 is 2.42 bits per heavy atom. The molecule has 0 spiro atoms. The van der Waals surface area contributed by atoms with Crippen LogP contribution in [0.15, 0.2) is 6.20 Å². The van der Waals surface area contributed by atoms with Gasteiger partial charge < -0.3 is 0 Å². The van der Waals surface area contributed by atoms with Gasteiger partial charge >= 0.3 is 6.08 Å². The molecule has 0 aliphatic carbocycles. The molecule has 0 bridgehead atoms. The molecule has 1 aromatic heterocycles. The van der Waals surface area contributed by atoms with E-state index in [-0.39, 0.29) is 5.41 Å². The van der Waals surface area contributed by atoms with Crippen molar-refractivity contribution in [3.63, 3.8) is 0 Å². The van der Waals surface area contributed by atoms with E-state index in [4.69, 9.17) is 11.6 Å². The topological polar surface area (TPSA) is 25.8 Å². The highest BCUT2D eigenvalue weighted by molar-refractivity contribution is 6.31. The van der Waals surface area contributed by atoms with Crippen LogP contribution in [0.5, 0.6) is 0 Å². The standard InChI is InChI=1S/C8H10ClFN2/c1-8(2,3)6-5(9)4-11-7(10)12-6/h4H,1-3H3. The number of hydrogen-bond acceptors (Lipinski definition) is 2. The molecule has 12 heavy (non-hydrogen) atoms. The molecule has 66 valence electrons. The van der Waals surface area contributed by atoms with Crippen LogP contribution in [0.3, 0.4) is 0 Å². The number of aromatic nitrogens is 2. The van der Waals surface area contributed by atoms with Crippen molar-refractivity contribution in [1.29, 1.82) is 0 Å². The van der Waals surface area contributed by atoms with E-state index >= 15 is 0 Å². The maximum Gasteiger partial charge on any atom is 0.308 e. The van der Waals surface area contributed by atoms with Crippen molar-refractivity contribution in [1.82, 2.24) is 9.97 Å². The lowest BCUT2D eigenvalue weighted by Gasteiger charge is -2.18. The van der Waals surface area contributed by atoms with E-state index in [1.165, 1.54) is 6.20 Å². The van der Waals surface area contributed by atoms with E-state index < -0.39 is 6.08 Å². The van der Waals surface area contributed by atoms with Gasteiger partial charge in [0.05, 0.1) is 16.9 Å². The quantitative estimate of drug-likeness (QED) is 0.585. The van der Waals surface area contributed by atoms with Crippen LogP contribution in [0.25, 0.3) is 0 Å². The Morgan fingerprint density at radius 1 is 1.42 bits per heavy atom. The highest BCUT2D eigenvalue weighted by Crippen LogP contribution is 2.26. The lowest BCUT2D eigenvalue weighted by atomic mass is 9.92. The van der Waals surface area contributed by atoms with Gasteiger partial charge in [-0.3, -0.25) is 0 Å². The zero-order valence-electron chi connectivity index (χ0n) is 7.23. The zero-order valence-corrected chi connectivity index (χ0v) is 7.98. The van der Waals surface area contributed by atoms with Crippen molar-refractivity contribution >= 4 is 11.6 Å². The Kier molecular flexibility index (Phi) is 2.33. The maximum atomic E-state index is 12.6. The molecule has 1 aromatic rings. The van der Waals surface area contributed by atoms with Crippen LogP contribution in [-0.4, -0.2) is 9.97 Å². The summed E-state index contributed by atoms with van der Waals surface area (Å²) in [5.41, 5.74) is 0.289. The Hall–Kier alpha value is -0.700. The second kappa shape index (κ2) is 2.98. The second-order valence-corrected chi connectivity index (χ2v) is 3.99. The molecule has 0 aliphatic heterocycles. The second-order valence-electron chi connectivity index (χ2n) is 3.59. The smallest absolute Gasteiger partial charge is 0.209 e. The minimum absolute atomic E-state index is 0.249. The molecular weight excluding hydrogens is 179 g/mol. The summed E-state index contributed by atoms with van der Waals surface area (Å²) in [7, 11) is 0. The summed E-state index contributed by atoms with van der Waals surface area (Å²) in [6.07, 6.45) is 0.550. The summed E-state index contributed by atoms with van der Waals surface area (Å²) in [6, 6.07) is 0. The molecule has 0 amide bonds. The van der Waals surface area contributed by atoms with Crippen molar-refractivity contribution in [2.24, 2.45) is 0 Å². The average molecular weight is 189 g/mol. The van der Waals surface area contributed by atoms with Crippen LogP contribution in [0.4, 0.5) is 4.39 Å². The third-order valence-corrected chi connectivity index (χ3v) is 1.70. The third kappa shape index (κ3) is 1.91. The highest BCUT2D eigenvalue weighted by atomic mass is 35.5. The summed E-state index contributed by atoms with van der Waals surface area (Å²) < 4.78 is 12.6. The number of hydrogen-bond donors (Lipinski definition) is 0. The summed E-state index contributed by atoms with van der Waals surface area (Å²) in [5, 5.41) is 0.406. The lowest BCUT2D eigenvalue weighted by Crippen LogP contribution is -2.15. The van der Waals surface area contributed by atoms with E-state index in [9.17, 15) is 4.39 Å². The van der Waals surface area contributed by atoms with Crippen LogP contribution < -0.4 is 0 Å². The first-order valence-corrected chi connectivity index (χ1v) is 3.97. The van der Waals surface area contributed by atoms with Crippen molar-refractivity contribution in [3.05, 3.63) is 23.0 Å². The van der Waals surface area contributed by atoms with Crippen molar-refractivity contribution in [2.75, 3.05) is 0 Å². The summed E-state index contributed by atoms with van der Waals surface area (Å²) in [5.74, 6) is 0. The molecule has 4 heteroatoms. The Labute approximate surface area is 75.8 Å². The van der Waals surface area contributed by atoms with Crippen LogP contribution in [0, 0.1) is 6.08 Å². The fourth-order valence-corrected chi connectivity index (χ4v) is 1.25. The zero-order chi connectivity index (χ0) is 9.35. The molecule has 0 aliphatic rings. The first-order chi connectivity index (χ1) is 5.41. The summed E-state index contributed by atoms with van der Waals surface area (Å²) in [6.45, 7) is 5.75. The molecular formula is C8H10ClFN2. The minimum Gasteiger partial charge on any atom is -0.209 e. The Bertz CT molecular complexity index is 294. The molecule has 0 unspecified atom stereocenters. The van der Waals surface area contributed by atoms with Crippen molar-refractivity contribution in [2.45, 2.75) is 26.2 Å². The molecule has 0 aromatic carbocycles. The van der Waals surface area contributed by atoms with E-state index in [2.05, 4.69) is 9.97 Å². The number of halogens is 2. The maximum absolute atomic E-state index is 12.6. The molecule has 1 rings (SSSR count). The number of nitrogens with zero attached hydrogens (tertiary/aromatic N) is 2. The van der Waals surface area contributed by atoms with Crippen LogP contribution in [0.1, 0.15) is 26.5 Å². The van der Waals surface area contributed by atoms with Gasteiger partial charge in [0.15, 0.2) is 0 Å². The normalized spacial score (nSPS) is 11.8. The van der Waals surface area contributed by atoms with Crippen LogP contribution in [0.2, 0.25) is 5.02 Å². The third-order valence-electron chi connectivity index (χ3n) is 1.43. The van der Waals surface area contributed by atoms with Gasteiger partial charge in [0.2, 0.25) is 0 Å². The van der Waals surface area contributed by atoms with Gasteiger partial charge in [-0.25, -0.2) is 9.97 Å². The predicted octanol–water partition coefficient (Wildman–Crippen LogP) is 2.57. The molecule has 0 saturated heterocycles. The molecule has 0 radical (unpaired) electrons. The fraction of sp³-hybridized carbons (Fsp3) is 0.500. The average Bonchev–Trinajstić information content (AvgIpc) is 1.92. The van der Waals surface area contributed by atoms with Gasteiger partial charge in [-0.2, -0.15) is 4.39 Å². The highest BCUT2D eigenvalue weighted by Gasteiger charge is 2.20. The van der Waals surface area contributed by atoms with Crippen LogP contribution in [-0.2, 0) is 5.41 Å². The monoisotopic (exact) mass is 188 g/mol. The Morgan fingerprint density at radius 2 is 2.00 bits per heavy atom. The first-order valence-electron chi connectivity index (χ1n) is 3.60. The van der Waals surface area contributed by atoms with Gasteiger partial charge in [-0.15, -0.1) is 0 Å². The van der Waals surface area contributed by atoms with Gasteiger partial charge in [-0.05, 0) is 0 Å². The molecule has 0 atom stereocenters. The van der Waals surface area contributed by atoms with Gasteiger partial charge in [-0.1, -0.05) is 32.4 Å². The lowest BCUT2D eigenvalue weighted by molar-refractivity contribution is 0.496. The van der Waals surface area contributed by atoms with Crippen molar-refractivity contribution < 1.29 is 4.39 Å². The number of rotatable bonds is 0. The van der Waals surface area contributed by atoms with E-state index in [1.807, 2.05) is 20.8 Å². The van der Waals surface area contributed by atoms with E-state index in [1.54, 1.807) is 0 Å². The van der Waals surface area contributed by atoms with Crippen molar-refractivity contribution in [3.8, 4) is 0 Å². The van der Waals surface area contributed by atoms with Gasteiger partial charge in [0.25, 0.3) is 0 Å². The molecule has 1 heterocycles. The molecule has 0 saturated carbocycles. The van der Waals surface area contributed by atoms with E-state index in [0.717, 1.165) is 0 Å². The van der Waals surface area contributed by atoms with Crippen LogP contribution >= 0.6 is 11.6 Å². The summed E-state index contributed by atoms with van der Waals surface area (Å²) >= 11 is 5.79. The molecule has 2 nitrogen and oxygen atoms in total.